The number of nitrogens with zero attached hydrogens (tertiary/aromatic N) is 3. The normalized spacial score (nSPS) is 12.7. The topological polar surface area (TPSA) is 42.7 Å². The SMILES string of the molecule is CCNC(c1ncc(C)cc1C)c1c(Br)cnn1C. The monoisotopic (exact) mass is 322 g/mol. The van der Waals surface area contributed by atoms with E-state index < -0.39 is 0 Å². The van der Waals surface area contributed by atoms with Gasteiger partial charge >= 0.3 is 0 Å². The number of halogens is 1. The van der Waals surface area contributed by atoms with E-state index in [1.165, 1.54) is 11.1 Å². The summed E-state index contributed by atoms with van der Waals surface area (Å²) in [4.78, 5) is 4.61. The average Bonchev–Trinajstić information content (AvgIpc) is 2.67. The smallest absolute Gasteiger partial charge is 0.0935 e. The maximum atomic E-state index is 4.61. The molecule has 0 aliphatic heterocycles. The Hall–Kier alpha value is -1.20. The zero-order valence-corrected chi connectivity index (χ0v) is 13.3. The van der Waals surface area contributed by atoms with Crippen LogP contribution in [0.25, 0.3) is 0 Å². The zero-order chi connectivity index (χ0) is 14.0. The first-order valence-electron chi connectivity index (χ1n) is 6.38. The van der Waals surface area contributed by atoms with E-state index in [9.17, 15) is 0 Å². The largest absolute Gasteiger partial charge is 0.304 e. The zero-order valence-electron chi connectivity index (χ0n) is 11.7. The van der Waals surface area contributed by atoms with Gasteiger partial charge < -0.3 is 5.32 Å². The van der Waals surface area contributed by atoms with Crippen LogP contribution >= 0.6 is 15.9 Å². The molecule has 0 saturated carbocycles. The van der Waals surface area contributed by atoms with Crippen molar-refractivity contribution in [2.24, 2.45) is 7.05 Å². The highest BCUT2D eigenvalue weighted by Crippen LogP contribution is 2.28. The van der Waals surface area contributed by atoms with Crippen molar-refractivity contribution >= 4 is 15.9 Å². The number of aryl methyl sites for hydroxylation is 3. The summed E-state index contributed by atoms with van der Waals surface area (Å²) in [6.07, 6.45) is 3.74. The van der Waals surface area contributed by atoms with Crippen LogP contribution in [0.4, 0.5) is 0 Å². The van der Waals surface area contributed by atoms with Crippen LogP contribution in [-0.2, 0) is 7.05 Å². The van der Waals surface area contributed by atoms with Crippen LogP contribution in [0.15, 0.2) is 22.9 Å². The van der Waals surface area contributed by atoms with Gasteiger partial charge in [0.15, 0.2) is 0 Å². The van der Waals surface area contributed by atoms with E-state index in [-0.39, 0.29) is 6.04 Å². The van der Waals surface area contributed by atoms with Crippen LogP contribution in [0.2, 0.25) is 0 Å². The molecule has 0 spiro atoms. The van der Waals surface area contributed by atoms with Crippen molar-refractivity contribution in [3.8, 4) is 0 Å². The third kappa shape index (κ3) is 2.87. The summed E-state index contributed by atoms with van der Waals surface area (Å²) in [5, 5.41) is 7.78. The Labute approximate surface area is 122 Å². The molecule has 2 aromatic heterocycles. The lowest BCUT2D eigenvalue weighted by molar-refractivity contribution is 0.557. The molecule has 0 aliphatic carbocycles. The van der Waals surface area contributed by atoms with E-state index in [4.69, 9.17) is 0 Å². The van der Waals surface area contributed by atoms with E-state index in [0.717, 1.165) is 22.4 Å². The number of aromatic nitrogens is 3. The summed E-state index contributed by atoms with van der Waals surface area (Å²) < 4.78 is 2.89. The minimum atomic E-state index is 0.0486. The van der Waals surface area contributed by atoms with Gasteiger partial charge in [-0.1, -0.05) is 13.0 Å². The van der Waals surface area contributed by atoms with Crippen molar-refractivity contribution in [2.75, 3.05) is 6.54 Å². The highest BCUT2D eigenvalue weighted by molar-refractivity contribution is 9.10. The number of nitrogens with one attached hydrogen (secondary N) is 1. The lowest BCUT2D eigenvalue weighted by atomic mass is 10.0. The van der Waals surface area contributed by atoms with Crippen molar-refractivity contribution in [1.29, 1.82) is 0 Å². The summed E-state index contributed by atoms with van der Waals surface area (Å²) in [5.41, 5.74) is 4.53. The molecule has 1 unspecified atom stereocenters. The van der Waals surface area contributed by atoms with Gasteiger partial charge in [-0.25, -0.2) is 0 Å². The van der Waals surface area contributed by atoms with Crippen molar-refractivity contribution < 1.29 is 0 Å². The molecule has 0 aromatic carbocycles. The Bertz CT molecular complexity index is 557. The quantitative estimate of drug-likeness (QED) is 0.941. The number of hydrogen-bond acceptors (Lipinski definition) is 3. The van der Waals surface area contributed by atoms with Crippen molar-refractivity contribution in [3.63, 3.8) is 0 Å². The van der Waals surface area contributed by atoms with Gasteiger partial charge in [0.25, 0.3) is 0 Å². The number of pyridine rings is 1. The molecule has 1 N–H and O–H groups in total. The molecular weight excluding hydrogens is 304 g/mol. The first-order chi connectivity index (χ1) is 9.04. The van der Waals surface area contributed by atoms with Crippen LogP contribution in [0.1, 0.15) is 35.5 Å². The summed E-state index contributed by atoms with van der Waals surface area (Å²) >= 11 is 3.57. The van der Waals surface area contributed by atoms with Gasteiger partial charge in [0.1, 0.15) is 0 Å². The van der Waals surface area contributed by atoms with Crippen molar-refractivity contribution in [1.82, 2.24) is 20.1 Å². The minimum Gasteiger partial charge on any atom is -0.304 e. The van der Waals surface area contributed by atoms with Crippen LogP contribution in [0.5, 0.6) is 0 Å². The third-order valence-corrected chi connectivity index (χ3v) is 3.76. The second-order valence-electron chi connectivity index (χ2n) is 4.71. The van der Waals surface area contributed by atoms with E-state index in [1.54, 1.807) is 0 Å². The average molecular weight is 323 g/mol. The number of rotatable bonds is 4. The predicted octanol–water partition coefficient (Wildman–Crippen LogP) is 2.89. The van der Waals surface area contributed by atoms with E-state index >= 15 is 0 Å². The lowest BCUT2D eigenvalue weighted by Crippen LogP contribution is -2.26. The molecule has 5 heteroatoms. The molecular formula is C14H19BrN4. The van der Waals surface area contributed by atoms with Crippen molar-refractivity contribution in [3.05, 3.63) is 45.4 Å². The molecule has 0 aliphatic rings. The summed E-state index contributed by atoms with van der Waals surface area (Å²) in [6, 6.07) is 2.21. The van der Waals surface area contributed by atoms with Gasteiger partial charge in [0, 0.05) is 13.2 Å². The van der Waals surface area contributed by atoms with Gasteiger partial charge in [0.2, 0.25) is 0 Å². The molecule has 19 heavy (non-hydrogen) atoms. The first kappa shape index (κ1) is 14.2. The summed E-state index contributed by atoms with van der Waals surface area (Å²) in [6.45, 7) is 7.13. The molecule has 1 atom stereocenters. The van der Waals surface area contributed by atoms with Gasteiger partial charge in [-0.15, -0.1) is 0 Å². The predicted molar refractivity (Wildman–Crippen MR) is 80.1 cm³/mol. The summed E-state index contributed by atoms with van der Waals surface area (Å²) in [5.74, 6) is 0. The Morgan fingerprint density at radius 1 is 1.37 bits per heavy atom. The standard InChI is InChI=1S/C14H19BrN4/c1-5-16-13(14-11(15)8-18-19(14)4)12-10(3)6-9(2)7-17-12/h6-8,13,16H,5H2,1-4H3. The molecule has 2 aromatic rings. The van der Waals surface area contributed by atoms with Gasteiger partial charge in [-0.3, -0.25) is 9.67 Å². The molecule has 0 saturated heterocycles. The van der Waals surface area contributed by atoms with E-state index in [2.05, 4.69) is 58.2 Å². The lowest BCUT2D eigenvalue weighted by Gasteiger charge is -2.20. The second kappa shape index (κ2) is 5.84. The molecule has 0 amide bonds. The van der Waals surface area contributed by atoms with Gasteiger partial charge in [0.05, 0.1) is 28.1 Å². The van der Waals surface area contributed by atoms with Crippen LogP contribution in [0, 0.1) is 13.8 Å². The van der Waals surface area contributed by atoms with E-state index in [1.807, 2.05) is 24.1 Å². The molecule has 2 heterocycles. The Morgan fingerprint density at radius 3 is 2.63 bits per heavy atom. The molecule has 2 rings (SSSR count). The number of hydrogen-bond donors (Lipinski definition) is 1. The molecule has 102 valence electrons. The van der Waals surface area contributed by atoms with Crippen LogP contribution in [0.3, 0.4) is 0 Å². The first-order valence-corrected chi connectivity index (χ1v) is 7.17. The molecule has 0 fully saturated rings. The Balaban J connectivity index is 2.51. The third-order valence-electron chi connectivity index (χ3n) is 3.15. The fraction of sp³-hybridized carbons (Fsp3) is 0.429. The fourth-order valence-corrected chi connectivity index (χ4v) is 2.88. The molecule has 0 bridgehead atoms. The van der Waals surface area contributed by atoms with Gasteiger partial charge in [-0.05, 0) is 47.4 Å². The second-order valence-corrected chi connectivity index (χ2v) is 5.56. The van der Waals surface area contributed by atoms with Gasteiger partial charge in [-0.2, -0.15) is 5.10 Å². The van der Waals surface area contributed by atoms with Crippen LogP contribution in [-0.4, -0.2) is 21.3 Å². The Morgan fingerprint density at radius 2 is 2.11 bits per heavy atom. The fourth-order valence-electron chi connectivity index (χ4n) is 2.30. The highest BCUT2D eigenvalue weighted by atomic mass is 79.9. The van der Waals surface area contributed by atoms with Crippen molar-refractivity contribution in [2.45, 2.75) is 26.8 Å². The van der Waals surface area contributed by atoms with E-state index in [0.29, 0.717) is 0 Å². The summed E-state index contributed by atoms with van der Waals surface area (Å²) in [7, 11) is 1.95. The van der Waals surface area contributed by atoms with Crippen LogP contribution < -0.4 is 5.32 Å². The maximum Gasteiger partial charge on any atom is 0.0935 e. The molecule has 0 radical (unpaired) electrons. The minimum absolute atomic E-state index is 0.0486. The maximum absolute atomic E-state index is 4.61. The molecule has 4 nitrogen and oxygen atoms in total. The highest BCUT2D eigenvalue weighted by Gasteiger charge is 2.22. The Kier molecular flexibility index (Phi) is 4.37.